The maximum atomic E-state index is 5.26. The number of rotatable bonds is 6. The lowest BCUT2D eigenvalue weighted by Crippen LogP contribution is -2.24. The van der Waals surface area contributed by atoms with Crippen molar-refractivity contribution < 1.29 is 4.74 Å². The van der Waals surface area contributed by atoms with Crippen LogP contribution in [0.15, 0.2) is 36.8 Å². The van der Waals surface area contributed by atoms with Gasteiger partial charge in [0.05, 0.1) is 25.0 Å². The van der Waals surface area contributed by atoms with Gasteiger partial charge in [0.2, 0.25) is 0 Å². The standard InChI is InChI=1S/C16H21N3O/c1-4-6-19-16(15-8-12(2)5-7-18-15)13-9-14(20-3)11-17-10-13/h5,7-11,16,19H,4,6H2,1-3H3. The molecule has 4 heteroatoms. The number of hydrogen-bond acceptors (Lipinski definition) is 4. The van der Waals surface area contributed by atoms with Crippen LogP contribution in [0.1, 0.15) is 36.2 Å². The largest absolute Gasteiger partial charge is 0.495 e. The summed E-state index contributed by atoms with van der Waals surface area (Å²) in [5.41, 5.74) is 3.28. The predicted octanol–water partition coefficient (Wildman–Crippen LogP) is 2.88. The molecule has 0 aromatic carbocycles. The van der Waals surface area contributed by atoms with Crippen molar-refractivity contribution in [3.63, 3.8) is 0 Å². The zero-order valence-electron chi connectivity index (χ0n) is 12.3. The zero-order chi connectivity index (χ0) is 14.4. The summed E-state index contributed by atoms with van der Waals surface area (Å²) in [6.45, 7) is 5.15. The molecule has 106 valence electrons. The fourth-order valence-corrected chi connectivity index (χ4v) is 2.10. The number of aryl methyl sites for hydroxylation is 1. The Morgan fingerprint density at radius 2 is 2.15 bits per heavy atom. The van der Waals surface area contributed by atoms with Crippen molar-refractivity contribution in [1.29, 1.82) is 0 Å². The highest BCUT2D eigenvalue weighted by atomic mass is 16.5. The van der Waals surface area contributed by atoms with Crippen molar-refractivity contribution in [3.8, 4) is 5.75 Å². The summed E-state index contributed by atoms with van der Waals surface area (Å²) in [7, 11) is 1.65. The molecule has 0 spiro atoms. The summed E-state index contributed by atoms with van der Waals surface area (Å²) in [6.07, 6.45) is 6.49. The lowest BCUT2D eigenvalue weighted by Gasteiger charge is -2.19. The van der Waals surface area contributed by atoms with E-state index < -0.39 is 0 Å². The van der Waals surface area contributed by atoms with Gasteiger partial charge in [-0.3, -0.25) is 9.97 Å². The van der Waals surface area contributed by atoms with Gasteiger partial charge in [-0.25, -0.2) is 0 Å². The Balaban J connectivity index is 2.35. The van der Waals surface area contributed by atoms with E-state index in [2.05, 4.69) is 35.2 Å². The summed E-state index contributed by atoms with van der Waals surface area (Å²) >= 11 is 0. The van der Waals surface area contributed by atoms with E-state index in [4.69, 9.17) is 4.74 Å². The number of hydrogen-bond donors (Lipinski definition) is 1. The average Bonchev–Trinajstić information content (AvgIpc) is 2.48. The van der Waals surface area contributed by atoms with Gasteiger partial charge in [-0.05, 0) is 49.2 Å². The van der Waals surface area contributed by atoms with Crippen molar-refractivity contribution >= 4 is 0 Å². The van der Waals surface area contributed by atoms with Crippen LogP contribution >= 0.6 is 0 Å². The topological polar surface area (TPSA) is 47.0 Å². The molecule has 0 aliphatic rings. The SMILES string of the molecule is CCCNC(c1cncc(OC)c1)c1cc(C)ccn1. The molecule has 2 aromatic heterocycles. The average molecular weight is 271 g/mol. The van der Waals surface area contributed by atoms with Crippen LogP contribution in [-0.4, -0.2) is 23.6 Å². The molecular formula is C16H21N3O. The van der Waals surface area contributed by atoms with Gasteiger partial charge in [0.25, 0.3) is 0 Å². The minimum atomic E-state index is 0.0393. The first-order valence-electron chi connectivity index (χ1n) is 6.89. The molecule has 0 radical (unpaired) electrons. The molecule has 0 saturated carbocycles. The minimum Gasteiger partial charge on any atom is -0.495 e. The summed E-state index contributed by atoms with van der Waals surface area (Å²) in [5, 5.41) is 3.52. The van der Waals surface area contributed by atoms with Gasteiger partial charge in [-0.1, -0.05) is 6.92 Å². The first kappa shape index (κ1) is 14.5. The molecule has 0 fully saturated rings. The van der Waals surface area contributed by atoms with Crippen LogP contribution in [0.5, 0.6) is 5.75 Å². The molecule has 1 N–H and O–H groups in total. The molecule has 20 heavy (non-hydrogen) atoms. The fourth-order valence-electron chi connectivity index (χ4n) is 2.10. The van der Waals surface area contributed by atoms with Crippen LogP contribution < -0.4 is 10.1 Å². The lowest BCUT2D eigenvalue weighted by molar-refractivity contribution is 0.411. The van der Waals surface area contributed by atoms with Crippen LogP contribution in [-0.2, 0) is 0 Å². The highest BCUT2D eigenvalue weighted by molar-refractivity contribution is 5.32. The molecule has 0 aliphatic carbocycles. The van der Waals surface area contributed by atoms with Gasteiger partial charge < -0.3 is 10.1 Å². The maximum Gasteiger partial charge on any atom is 0.137 e. The second-order valence-corrected chi connectivity index (χ2v) is 4.80. The van der Waals surface area contributed by atoms with Gasteiger partial charge >= 0.3 is 0 Å². The van der Waals surface area contributed by atoms with E-state index in [-0.39, 0.29) is 6.04 Å². The van der Waals surface area contributed by atoms with E-state index >= 15 is 0 Å². The Kier molecular flexibility index (Phi) is 5.07. The van der Waals surface area contributed by atoms with Crippen molar-refractivity contribution in [2.45, 2.75) is 26.3 Å². The van der Waals surface area contributed by atoms with Gasteiger partial charge in [-0.2, -0.15) is 0 Å². The molecule has 0 amide bonds. The Hall–Kier alpha value is -1.94. The smallest absolute Gasteiger partial charge is 0.137 e. The first-order valence-corrected chi connectivity index (χ1v) is 6.89. The van der Waals surface area contributed by atoms with Crippen molar-refractivity contribution in [3.05, 3.63) is 53.6 Å². The van der Waals surface area contributed by atoms with Crippen LogP contribution in [0.3, 0.4) is 0 Å². The molecule has 0 aliphatic heterocycles. The van der Waals surface area contributed by atoms with E-state index in [0.717, 1.165) is 30.0 Å². The second kappa shape index (κ2) is 7.01. The molecule has 2 rings (SSSR count). The number of methoxy groups -OCH3 is 1. The summed E-state index contributed by atoms with van der Waals surface area (Å²) in [4.78, 5) is 8.73. The normalized spacial score (nSPS) is 12.2. The van der Waals surface area contributed by atoms with Gasteiger partial charge in [0.15, 0.2) is 0 Å². The second-order valence-electron chi connectivity index (χ2n) is 4.80. The number of nitrogens with one attached hydrogen (secondary N) is 1. The fraction of sp³-hybridized carbons (Fsp3) is 0.375. The van der Waals surface area contributed by atoms with E-state index in [9.17, 15) is 0 Å². The third-order valence-electron chi connectivity index (χ3n) is 3.13. The van der Waals surface area contributed by atoms with Gasteiger partial charge in [0, 0.05) is 12.4 Å². The molecule has 1 unspecified atom stereocenters. The highest BCUT2D eigenvalue weighted by Crippen LogP contribution is 2.23. The highest BCUT2D eigenvalue weighted by Gasteiger charge is 2.16. The third kappa shape index (κ3) is 3.54. The Labute approximate surface area is 120 Å². The number of nitrogens with zero attached hydrogens (tertiary/aromatic N) is 2. The zero-order valence-corrected chi connectivity index (χ0v) is 12.3. The molecule has 4 nitrogen and oxygen atoms in total. The third-order valence-corrected chi connectivity index (χ3v) is 3.13. The summed E-state index contributed by atoms with van der Waals surface area (Å²) in [6, 6.07) is 6.15. The number of aromatic nitrogens is 2. The van der Waals surface area contributed by atoms with Crippen molar-refractivity contribution in [2.75, 3.05) is 13.7 Å². The summed E-state index contributed by atoms with van der Waals surface area (Å²) < 4.78 is 5.26. The molecule has 2 heterocycles. The predicted molar refractivity (Wildman–Crippen MR) is 79.9 cm³/mol. The van der Waals surface area contributed by atoms with E-state index in [1.807, 2.05) is 24.5 Å². The molecule has 0 bridgehead atoms. The van der Waals surface area contributed by atoms with Crippen LogP contribution in [0, 0.1) is 6.92 Å². The minimum absolute atomic E-state index is 0.0393. The Morgan fingerprint density at radius 1 is 1.30 bits per heavy atom. The van der Waals surface area contributed by atoms with E-state index in [0.29, 0.717) is 0 Å². The molecule has 0 saturated heterocycles. The Morgan fingerprint density at radius 3 is 2.85 bits per heavy atom. The van der Waals surface area contributed by atoms with Crippen molar-refractivity contribution in [1.82, 2.24) is 15.3 Å². The van der Waals surface area contributed by atoms with E-state index in [1.54, 1.807) is 13.3 Å². The quantitative estimate of drug-likeness (QED) is 0.877. The summed E-state index contributed by atoms with van der Waals surface area (Å²) in [5.74, 6) is 0.762. The van der Waals surface area contributed by atoms with Crippen LogP contribution in [0.2, 0.25) is 0 Å². The Bertz CT molecular complexity index is 557. The van der Waals surface area contributed by atoms with Gasteiger partial charge in [-0.15, -0.1) is 0 Å². The molecule has 2 aromatic rings. The van der Waals surface area contributed by atoms with E-state index in [1.165, 1.54) is 5.56 Å². The number of ether oxygens (including phenoxy) is 1. The maximum absolute atomic E-state index is 5.26. The molecule has 1 atom stereocenters. The van der Waals surface area contributed by atoms with Crippen LogP contribution in [0.4, 0.5) is 0 Å². The number of pyridine rings is 2. The van der Waals surface area contributed by atoms with Crippen molar-refractivity contribution in [2.24, 2.45) is 0 Å². The van der Waals surface area contributed by atoms with Gasteiger partial charge in [0.1, 0.15) is 5.75 Å². The lowest BCUT2D eigenvalue weighted by atomic mass is 10.0. The first-order chi connectivity index (χ1) is 9.74. The monoisotopic (exact) mass is 271 g/mol. The molecular weight excluding hydrogens is 250 g/mol. The van der Waals surface area contributed by atoms with Crippen LogP contribution in [0.25, 0.3) is 0 Å².